The highest BCUT2D eigenvalue weighted by Crippen LogP contribution is 2.34. The number of carbonyl (C=O) groups excluding carboxylic acids is 1. The van der Waals surface area contributed by atoms with Crippen LogP contribution < -0.4 is 0 Å². The number of thiophene rings is 1. The summed E-state index contributed by atoms with van der Waals surface area (Å²) < 4.78 is 41.5. The van der Waals surface area contributed by atoms with E-state index in [1.165, 1.54) is 17.5 Å². The van der Waals surface area contributed by atoms with E-state index < -0.39 is 11.9 Å². The number of alkyl halides is 3. The molecule has 0 atom stereocenters. The molecule has 3 aromatic rings. The van der Waals surface area contributed by atoms with Gasteiger partial charge in [-0.2, -0.15) is 18.3 Å². The second kappa shape index (κ2) is 6.95. The van der Waals surface area contributed by atoms with Gasteiger partial charge in [0.05, 0.1) is 16.8 Å². The molecule has 0 aromatic carbocycles. The van der Waals surface area contributed by atoms with Crippen LogP contribution in [0.2, 0.25) is 0 Å². The summed E-state index contributed by atoms with van der Waals surface area (Å²) in [7, 11) is 0. The third-order valence-corrected chi connectivity index (χ3v) is 5.55. The Morgan fingerprint density at radius 3 is 2.52 bits per heavy atom. The largest absolute Gasteiger partial charge is 0.433 e. The first kappa shape index (κ1) is 18.0. The van der Waals surface area contributed by atoms with E-state index in [0.717, 1.165) is 36.3 Å². The van der Waals surface area contributed by atoms with E-state index in [4.69, 9.17) is 0 Å². The van der Waals surface area contributed by atoms with Crippen molar-refractivity contribution in [3.8, 4) is 10.6 Å². The maximum Gasteiger partial charge on any atom is 0.433 e. The molecule has 0 bridgehead atoms. The lowest BCUT2D eigenvalue weighted by atomic mass is 10.2. The Balaban J connectivity index is 1.85. The monoisotopic (exact) mass is 394 g/mol. The molecule has 4 heterocycles. The Hall–Kier alpha value is -2.42. The highest BCUT2D eigenvalue weighted by molar-refractivity contribution is 7.13. The lowest BCUT2D eigenvalue weighted by Gasteiger charge is -2.19. The standard InChI is InChI=1S/C18H17F3N4OS/c19-18(20,21)15-10-13(14-6-5-9-27-14)23-16-12(11-22-25(15)16)17(26)24-7-3-1-2-4-8-24/h5-6,9-11H,1-4,7-8H2. The number of carbonyl (C=O) groups is 1. The molecule has 0 saturated carbocycles. The summed E-state index contributed by atoms with van der Waals surface area (Å²) in [5.41, 5.74) is -0.690. The van der Waals surface area contributed by atoms with Gasteiger partial charge in [0.2, 0.25) is 0 Å². The molecule has 1 aliphatic heterocycles. The van der Waals surface area contributed by atoms with Crippen LogP contribution in [-0.4, -0.2) is 38.5 Å². The predicted octanol–water partition coefficient (Wildman–Crippen LogP) is 4.49. The van der Waals surface area contributed by atoms with Crippen molar-refractivity contribution in [2.45, 2.75) is 31.9 Å². The Labute approximate surface area is 157 Å². The summed E-state index contributed by atoms with van der Waals surface area (Å²) >= 11 is 1.30. The molecule has 0 spiro atoms. The molecular formula is C18H17F3N4OS. The van der Waals surface area contributed by atoms with Gasteiger partial charge in [0, 0.05) is 13.1 Å². The minimum Gasteiger partial charge on any atom is -0.338 e. The van der Waals surface area contributed by atoms with E-state index >= 15 is 0 Å². The Kier molecular flexibility index (Phi) is 4.63. The molecule has 1 amide bonds. The zero-order chi connectivity index (χ0) is 19.0. The van der Waals surface area contributed by atoms with Gasteiger partial charge in [-0.3, -0.25) is 4.79 Å². The second-order valence-electron chi connectivity index (χ2n) is 6.50. The van der Waals surface area contributed by atoms with E-state index in [9.17, 15) is 18.0 Å². The molecule has 3 aromatic heterocycles. The van der Waals surface area contributed by atoms with Crippen LogP contribution in [-0.2, 0) is 6.18 Å². The topological polar surface area (TPSA) is 50.5 Å². The van der Waals surface area contributed by atoms with Crippen molar-refractivity contribution in [1.82, 2.24) is 19.5 Å². The number of amides is 1. The first-order valence-electron chi connectivity index (χ1n) is 8.74. The fraction of sp³-hybridized carbons (Fsp3) is 0.389. The van der Waals surface area contributed by atoms with Crippen molar-refractivity contribution in [2.75, 3.05) is 13.1 Å². The Bertz CT molecular complexity index is 957. The van der Waals surface area contributed by atoms with Crippen LogP contribution in [0.15, 0.2) is 29.8 Å². The molecule has 0 aliphatic carbocycles. The van der Waals surface area contributed by atoms with Crippen molar-refractivity contribution >= 4 is 22.9 Å². The number of fused-ring (bicyclic) bond motifs is 1. The number of hydrogen-bond acceptors (Lipinski definition) is 4. The smallest absolute Gasteiger partial charge is 0.338 e. The van der Waals surface area contributed by atoms with E-state index in [1.807, 2.05) is 0 Å². The Morgan fingerprint density at radius 2 is 1.89 bits per heavy atom. The fourth-order valence-corrected chi connectivity index (χ4v) is 4.00. The highest BCUT2D eigenvalue weighted by atomic mass is 32.1. The maximum absolute atomic E-state index is 13.6. The normalized spacial score (nSPS) is 15.9. The lowest BCUT2D eigenvalue weighted by molar-refractivity contribution is -0.142. The number of likely N-dealkylation sites (tertiary alicyclic amines) is 1. The van der Waals surface area contributed by atoms with Crippen LogP contribution in [0.25, 0.3) is 16.2 Å². The summed E-state index contributed by atoms with van der Waals surface area (Å²) in [6, 6.07) is 4.43. The molecule has 142 valence electrons. The summed E-state index contributed by atoms with van der Waals surface area (Å²) in [5.74, 6) is -0.309. The first-order chi connectivity index (χ1) is 12.9. The zero-order valence-electron chi connectivity index (χ0n) is 14.4. The van der Waals surface area contributed by atoms with Gasteiger partial charge in [-0.15, -0.1) is 11.3 Å². The van der Waals surface area contributed by atoms with Crippen LogP contribution in [0, 0.1) is 0 Å². The number of nitrogens with zero attached hydrogens (tertiary/aromatic N) is 4. The summed E-state index contributed by atoms with van der Waals surface area (Å²) in [4.78, 5) is 19.6. The molecule has 0 unspecified atom stereocenters. The third kappa shape index (κ3) is 3.43. The molecule has 9 heteroatoms. The van der Waals surface area contributed by atoms with Gasteiger partial charge in [-0.05, 0) is 30.4 Å². The van der Waals surface area contributed by atoms with Gasteiger partial charge in [-0.25, -0.2) is 9.50 Å². The first-order valence-corrected chi connectivity index (χ1v) is 9.62. The molecule has 1 fully saturated rings. The molecule has 0 radical (unpaired) electrons. The molecule has 0 N–H and O–H groups in total. The van der Waals surface area contributed by atoms with E-state index in [-0.39, 0.29) is 22.8 Å². The molecule has 5 nitrogen and oxygen atoms in total. The molecular weight excluding hydrogens is 377 g/mol. The van der Waals surface area contributed by atoms with Crippen molar-refractivity contribution in [2.24, 2.45) is 0 Å². The van der Waals surface area contributed by atoms with Crippen molar-refractivity contribution < 1.29 is 18.0 Å². The molecule has 1 saturated heterocycles. The van der Waals surface area contributed by atoms with Gasteiger partial charge in [0.1, 0.15) is 5.56 Å². The van der Waals surface area contributed by atoms with Crippen LogP contribution in [0.5, 0.6) is 0 Å². The van der Waals surface area contributed by atoms with E-state index in [1.54, 1.807) is 22.4 Å². The van der Waals surface area contributed by atoms with Gasteiger partial charge < -0.3 is 4.90 Å². The zero-order valence-corrected chi connectivity index (χ0v) is 15.2. The van der Waals surface area contributed by atoms with Crippen molar-refractivity contribution in [3.05, 3.63) is 41.0 Å². The van der Waals surface area contributed by atoms with Crippen LogP contribution >= 0.6 is 11.3 Å². The maximum atomic E-state index is 13.6. The van der Waals surface area contributed by atoms with E-state index in [2.05, 4.69) is 10.1 Å². The summed E-state index contributed by atoms with van der Waals surface area (Å²) in [6.45, 7) is 1.21. The quantitative estimate of drug-likeness (QED) is 0.643. The van der Waals surface area contributed by atoms with Crippen molar-refractivity contribution in [1.29, 1.82) is 0 Å². The van der Waals surface area contributed by atoms with Crippen molar-refractivity contribution in [3.63, 3.8) is 0 Å². The molecule has 1 aliphatic rings. The third-order valence-electron chi connectivity index (χ3n) is 4.66. The SMILES string of the molecule is O=C(c1cnn2c(C(F)(F)F)cc(-c3cccs3)nc12)N1CCCCCC1. The summed E-state index contributed by atoms with van der Waals surface area (Å²) in [5, 5.41) is 5.61. The average molecular weight is 394 g/mol. The fourth-order valence-electron chi connectivity index (χ4n) is 3.31. The number of halogens is 3. The van der Waals surface area contributed by atoms with Gasteiger partial charge in [0.25, 0.3) is 5.91 Å². The van der Waals surface area contributed by atoms with Crippen LogP contribution in [0.4, 0.5) is 13.2 Å². The average Bonchev–Trinajstić information content (AvgIpc) is 3.23. The predicted molar refractivity (Wildman–Crippen MR) is 95.7 cm³/mol. The van der Waals surface area contributed by atoms with Gasteiger partial charge in [0.15, 0.2) is 11.3 Å². The summed E-state index contributed by atoms with van der Waals surface area (Å²) in [6.07, 6.45) is 0.486. The van der Waals surface area contributed by atoms with E-state index in [0.29, 0.717) is 18.0 Å². The number of hydrogen-bond donors (Lipinski definition) is 0. The lowest BCUT2D eigenvalue weighted by Crippen LogP contribution is -2.31. The minimum absolute atomic E-state index is 0.0533. The van der Waals surface area contributed by atoms with Crippen LogP contribution in [0.3, 0.4) is 0 Å². The minimum atomic E-state index is -4.61. The van der Waals surface area contributed by atoms with Gasteiger partial charge in [-0.1, -0.05) is 18.9 Å². The van der Waals surface area contributed by atoms with Gasteiger partial charge >= 0.3 is 6.18 Å². The highest BCUT2D eigenvalue weighted by Gasteiger charge is 2.36. The molecule has 4 rings (SSSR count). The molecule has 27 heavy (non-hydrogen) atoms. The number of aromatic nitrogens is 3. The second-order valence-corrected chi connectivity index (χ2v) is 7.45. The van der Waals surface area contributed by atoms with Crippen LogP contribution in [0.1, 0.15) is 41.7 Å². The Morgan fingerprint density at radius 1 is 1.15 bits per heavy atom. The number of rotatable bonds is 2.